The van der Waals surface area contributed by atoms with E-state index in [0.717, 1.165) is 23.2 Å². The van der Waals surface area contributed by atoms with Gasteiger partial charge in [-0.1, -0.05) is 24.3 Å². The summed E-state index contributed by atoms with van der Waals surface area (Å²) in [4.78, 5) is 13.9. The van der Waals surface area contributed by atoms with Gasteiger partial charge in [-0.2, -0.15) is 0 Å². The number of rotatable bonds is 5. The highest BCUT2D eigenvalue weighted by atomic mass is 16.4. The highest BCUT2D eigenvalue weighted by Crippen LogP contribution is 2.40. The second kappa shape index (κ2) is 4.76. The predicted octanol–water partition coefficient (Wildman–Crippen LogP) is 3.92. The first-order valence-corrected chi connectivity index (χ1v) is 7.76. The smallest absolute Gasteiger partial charge is 0.336 e. The molecule has 1 N–H and O–H groups in total. The SMILES string of the molecule is O=C(O)c1ccc(N(CC2CC2)C2CC2)c2ccccc12. The van der Waals surface area contributed by atoms with Crippen molar-refractivity contribution >= 4 is 22.4 Å². The zero-order valence-electron chi connectivity index (χ0n) is 12.0. The number of carbonyl (C=O) groups is 1. The van der Waals surface area contributed by atoms with E-state index in [9.17, 15) is 9.90 Å². The normalized spacial score (nSPS) is 17.9. The number of benzene rings is 2. The van der Waals surface area contributed by atoms with Crippen molar-refractivity contribution in [3.63, 3.8) is 0 Å². The highest BCUT2D eigenvalue weighted by molar-refractivity contribution is 6.08. The summed E-state index contributed by atoms with van der Waals surface area (Å²) < 4.78 is 0. The maximum Gasteiger partial charge on any atom is 0.336 e. The summed E-state index contributed by atoms with van der Waals surface area (Å²) in [5, 5.41) is 11.3. The number of fused-ring (bicyclic) bond motifs is 1. The van der Waals surface area contributed by atoms with E-state index in [0.29, 0.717) is 11.6 Å². The van der Waals surface area contributed by atoms with Crippen LogP contribution in [0.5, 0.6) is 0 Å². The standard InChI is InChI=1S/C18H19NO2/c20-18(21)16-9-10-17(15-4-2-1-3-14(15)16)19(13-7-8-13)11-12-5-6-12/h1-4,9-10,12-13H,5-8,11H2,(H,20,21). The molecule has 3 heteroatoms. The van der Waals surface area contributed by atoms with Crippen LogP contribution in [0.25, 0.3) is 10.8 Å². The van der Waals surface area contributed by atoms with E-state index >= 15 is 0 Å². The van der Waals surface area contributed by atoms with Crippen molar-refractivity contribution in [1.82, 2.24) is 0 Å². The van der Waals surface area contributed by atoms with E-state index in [1.54, 1.807) is 6.07 Å². The van der Waals surface area contributed by atoms with Crippen molar-refractivity contribution in [2.45, 2.75) is 31.7 Å². The molecule has 0 unspecified atom stereocenters. The lowest BCUT2D eigenvalue weighted by Crippen LogP contribution is -2.28. The fraction of sp³-hybridized carbons (Fsp3) is 0.389. The van der Waals surface area contributed by atoms with Crippen LogP contribution in [0.4, 0.5) is 5.69 Å². The first kappa shape index (κ1) is 12.7. The van der Waals surface area contributed by atoms with Crippen molar-refractivity contribution < 1.29 is 9.90 Å². The largest absolute Gasteiger partial charge is 0.478 e. The van der Waals surface area contributed by atoms with E-state index in [-0.39, 0.29) is 0 Å². The molecule has 0 aromatic heterocycles. The Hall–Kier alpha value is -2.03. The van der Waals surface area contributed by atoms with Crippen LogP contribution in [0.3, 0.4) is 0 Å². The van der Waals surface area contributed by atoms with Gasteiger partial charge in [0.25, 0.3) is 0 Å². The molecule has 0 bridgehead atoms. The Morgan fingerprint density at radius 2 is 1.76 bits per heavy atom. The fourth-order valence-electron chi connectivity index (χ4n) is 3.13. The van der Waals surface area contributed by atoms with Gasteiger partial charge in [0.05, 0.1) is 5.56 Å². The summed E-state index contributed by atoms with van der Waals surface area (Å²) in [7, 11) is 0. The number of hydrogen-bond donors (Lipinski definition) is 1. The van der Waals surface area contributed by atoms with Crippen LogP contribution in [-0.4, -0.2) is 23.7 Å². The Bertz CT molecular complexity index is 701. The minimum Gasteiger partial charge on any atom is -0.478 e. The highest BCUT2D eigenvalue weighted by Gasteiger charge is 2.34. The molecule has 3 nitrogen and oxygen atoms in total. The Labute approximate surface area is 124 Å². The topological polar surface area (TPSA) is 40.5 Å². The van der Waals surface area contributed by atoms with Crippen LogP contribution >= 0.6 is 0 Å². The fourth-order valence-corrected chi connectivity index (χ4v) is 3.13. The van der Waals surface area contributed by atoms with Gasteiger partial charge in [-0.05, 0) is 49.1 Å². The van der Waals surface area contributed by atoms with Gasteiger partial charge in [0.2, 0.25) is 0 Å². The molecule has 2 aromatic carbocycles. The third-order valence-corrected chi connectivity index (χ3v) is 4.58. The predicted molar refractivity (Wildman–Crippen MR) is 84.0 cm³/mol. The van der Waals surface area contributed by atoms with E-state index < -0.39 is 5.97 Å². The number of hydrogen-bond acceptors (Lipinski definition) is 2. The monoisotopic (exact) mass is 281 g/mol. The van der Waals surface area contributed by atoms with Gasteiger partial charge in [-0.25, -0.2) is 4.79 Å². The quantitative estimate of drug-likeness (QED) is 0.903. The van der Waals surface area contributed by atoms with Crippen LogP contribution in [0, 0.1) is 5.92 Å². The number of anilines is 1. The van der Waals surface area contributed by atoms with Gasteiger partial charge in [0.1, 0.15) is 0 Å². The van der Waals surface area contributed by atoms with Crippen LogP contribution in [0.1, 0.15) is 36.0 Å². The molecule has 21 heavy (non-hydrogen) atoms. The summed E-state index contributed by atoms with van der Waals surface area (Å²) in [6, 6.07) is 12.3. The average molecular weight is 281 g/mol. The first-order chi connectivity index (χ1) is 10.2. The van der Waals surface area contributed by atoms with Crippen molar-refractivity contribution in [2.75, 3.05) is 11.4 Å². The average Bonchev–Trinajstić information content (AvgIpc) is 3.37. The lowest BCUT2D eigenvalue weighted by atomic mass is 10.0. The first-order valence-electron chi connectivity index (χ1n) is 7.76. The minimum atomic E-state index is -0.849. The van der Waals surface area contributed by atoms with Gasteiger partial charge in [0.15, 0.2) is 0 Å². The van der Waals surface area contributed by atoms with E-state index in [1.165, 1.54) is 31.4 Å². The molecule has 4 rings (SSSR count). The van der Waals surface area contributed by atoms with Crippen LogP contribution in [0.2, 0.25) is 0 Å². The van der Waals surface area contributed by atoms with Gasteiger partial charge >= 0.3 is 5.97 Å². The third kappa shape index (κ3) is 2.37. The van der Waals surface area contributed by atoms with Crippen molar-refractivity contribution in [3.8, 4) is 0 Å². The van der Waals surface area contributed by atoms with Gasteiger partial charge in [-0.15, -0.1) is 0 Å². The zero-order valence-corrected chi connectivity index (χ0v) is 12.0. The summed E-state index contributed by atoms with van der Waals surface area (Å²) in [5.74, 6) is -0.0126. The van der Waals surface area contributed by atoms with Crippen LogP contribution < -0.4 is 4.90 Å². The lowest BCUT2D eigenvalue weighted by molar-refractivity contribution is 0.0699. The molecule has 2 saturated carbocycles. The number of carboxylic acids is 1. The summed E-state index contributed by atoms with van der Waals surface area (Å²) in [6.07, 6.45) is 5.21. The third-order valence-electron chi connectivity index (χ3n) is 4.58. The van der Waals surface area contributed by atoms with Crippen molar-refractivity contribution in [3.05, 3.63) is 42.0 Å². The summed E-state index contributed by atoms with van der Waals surface area (Å²) in [6.45, 7) is 1.13. The molecule has 0 amide bonds. The molecule has 108 valence electrons. The molecule has 0 aliphatic heterocycles. The van der Waals surface area contributed by atoms with Crippen LogP contribution in [-0.2, 0) is 0 Å². The van der Waals surface area contributed by atoms with Gasteiger partial charge < -0.3 is 10.0 Å². The molecule has 0 radical (unpaired) electrons. The molecular weight excluding hydrogens is 262 g/mol. The Morgan fingerprint density at radius 1 is 1.05 bits per heavy atom. The van der Waals surface area contributed by atoms with Crippen molar-refractivity contribution in [1.29, 1.82) is 0 Å². The second-order valence-electron chi connectivity index (χ2n) is 6.31. The van der Waals surface area contributed by atoms with E-state index in [2.05, 4.69) is 11.0 Å². The second-order valence-corrected chi connectivity index (χ2v) is 6.31. The maximum absolute atomic E-state index is 11.4. The summed E-state index contributed by atoms with van der Waals surface area (Å²) in [5.41, 5.74) is 1.61. The molecule has 2 aliphatic carbocycles. The molecule has 2 aromatic rings. The molecule has 0 heterocycles. The molecule has 2 fully saturated rings. The Morgan fingerprint density at radius 3 is 2.38 bits per heavy atom. The lowest BCUT2D eigenvalue weighted by Gasteiger charge is -2.26. The molecule has 0 spiro atoms. The maximum atomic E-state index is 11.4. The van der Waals surface area contributed by atoms with Crippen LogP contribution in [0.15, 0.2) is 36.4 Å². The Kier molecular flexibility index (Phi) is 2.88. The molecule has 2 aliphatic rings. The number of aromatic carboxylic acids is 1. The molecule has 0 atom stereocenters. The van der Waals surface area contributed by atoms with Gasteiger partial charge in [0, 0.05) is 23.7 Å². The number of carboxylic acid groups (broad SMARTS) is 1. The summed E-state index contributed by atoms with van der Waals surface area (Å²) >= 11 is 0. The Balaban J connectivity index is 1.83. The molecule has 0 saturated heterocycles. The van der Waals surface area contributed by atoms with E-state index in [1.807, 2.05) is 24.3 Å². The van der Waals surface area contributed by atoms with Gasteiger partial charge in [-0.3, -0.25) is 0 Å². The van der Waals surface area contributed by atoms with Crippen molar-refractivity contribution in [2.24, 2.45) is 5.92 Å². The number of nitrogens with zero attached hydrogens (tertiary/aromatic N) is 1. The molecular formula is C18H19NO2. The van der Waals surface area contributed by atoms with E-state index in [4.69, 9.17) is 0 Å². The minimum absolute atomic E-state index is 0.400. The zero-order chi connectivity index (χ0) is 14.4.